The molecule has 0 N–H and O–H groups in total. The maximum atomic E-state index is 12.5. The molecule has 1 amide bonds. The summed E-state index contributed by atoms with van der Waals surface area (Å²) in [6.45, 7) is 11.0. The van der Waals surface area contributed by atoms with Crippen molar-refractivity contribution in [3.8, 4) is 0 Å². The molecule has 3 rings (SSSR count). The second kappa shape index (κ2) is 7.15. The molecular weight excluding hydrogens is 354 g/mol. The summed E-state index contributed by atoms with van der Waals surface area (Å²) in [6.07, 6.45) is 1.55. The fraction of sp³-hybridized carbons (Fsp3) is 0.722. The van der Waals surface area contributed by atoms with Crippen LogP contribution in [0.5, 0.6) is 0 Å². The number of hydrogen-bond donors (Lipinski definition) is 0. The Kier molecular flexibility index (Phi) is 5.25. The first-order chi connectivity index (χ1) is 12.2. The number of carbonyl (C=O) groups excluding carboxylic acids is 2. The number of carbonyl (C=O) groups is 2. The lowest BCUT2D eigenvalue weighted by Gasteiger charge is -2.50. The van der Waals surface area contributed by atoms with E-state index in [4.69, 9.17) is 9.47 Å². The van der Waals surface area contributed by atoms with Crippen molar-refractivity contribution < 1.29 is 19.1 Å². The Morgan fingerprint density at radius 1 is 1.35 bits per heavy atom. The van der Waals surface area contributed by atoms with Crippen molar-refractivity contribution in [2.45, 2.75) is 39.8 Å². The van der Waals surface area contributed by atoms with Crippen molar-refractivity contribution in [2.75, 3.05) is 32.8 Å². The van der Waals surface area contributed by atoms with E-state index in [2.05, 4.69) is 9.88 Å². The number of thiazole rings is 1. The molecule has 2 aliphatic rings. The molecule has 2 fully saturated rings. The zero-order valence-electron chi connectivity index (χ0n) is 15.9. The summed E-state index contributed by atoms with van der Waals surface area (Å²) in [5, 5.41) is 0. The smallest absolute Gasteiger partial charge is 0.410 e. The molecule has 0 aromatic carbocycles. The highest BCUT2D eigenvalue weighted by atomic mass is 32.1. The standard InChI is InChI=1S/C18H27N3O4S/c1-5-24-15(22)14-8-20(7-13-6-19-12-26-13)9-18(14)10-21(11-18)16(23)25-17(2,3)4/h6,12,14H,5,7-11H2,1-4H3. The highest BCUT2D eigenvalue weighted by Crippen LogP contribution is 2.45. The lowest BCUT2D eigenvalue weighted by atomic mass is 9.71. The first kappa shape index (κ1) is 19.1. The van der Waals surface area contributed by atoms with Gasteiger partial charge in [-0.15, -0.1) is 11.3 Å². The van der Waals surface area contributed by atoms with Gasteiger partial charge in [0.2, 0.25) is 0 Å². The Morgan fingerprint density at radius 2 is 2.08 bits per heavy atom. The van der Waals surface area contributed by atoms with Gasteiger partial charge in [-0.1, -0.05) is 0 Å². The normalized spacial score (nSPS) is 22.3. The third kappa shape index (κ3) is 4.01. The third-order valence-electron chi connectivity index (χ3n) is 4.82. The quantitative estimate of drug-likeness (QED) is 0.746. The topological polar surface area (TPSA) is 72.0 Å². The van der Waals surface area contributed by atoms with Crippen molar-refractivity contribution in [2.24, 2.45) is 11.3 Å². The van der Waals surface area contributed by atoms with Crippen molar-refractivity contribution in [1.82, 2.24) is 14.8 Å². The second-order valence-electron chi connectivity index (χ2n) is 8.14. The minimum atomic E-state index is -0.520. The van der Waals surface area contributed by atoms with Crippen LogP contribution >= 0.6 is 11.3 Å². The molecule has 1 aromatic heterocycles. The van der Waals surface area contributed by atoms with Crippen LogP contribution in [-0.2, 0) is 20.8 Å². The van der Waals surface area contributed by atoms with E-state index in [1.54, 1.807) is 16.2 Å². The van der Waals surface area contributed by atoms with Gasteiger partial charge in [-0.2, -0.15) is 0 Å². The largest absolute Gasteiger partial charge is 0.466 e. The molecule has 1 unspecified atom stereocenters. The number of nitrogens with zero attached hydrogens (tertiary/aromatic N) is 3. The van der Waals surface area contributed by atoms with E-state index in [0.29, 0.717) is 26.2 Å². The van der Waals surface area contributed by atoms with Crippen LogP contribution in [0.4, 0.5) is 4.79 Å². The Hall–Kier alpha value is -1.67. The first-order valence-electron chi connectivity index (χ1n) is 8.97. The number of rotatable bonds is 4. The highest BCUT2D eigenvalue weighted by molar-refractivity contribution is 7.09. The third-order valence-corrected chi connectivity index (χ3v) is 5.58. The molecule has 1 spiro atoms. The number of amides is 1. The summed E-state index contributed by atoms with van der Waals surface area (Å²) in [4.78, 5) is 34.0. The molecule has 2 saturated heterocycles. The molecule has 144 valence electrons. The number of esters is 1. The summed E-state index contributed by atoms with van der Waals surface area (Å²) < 4.78 is 10.8. The van der Waals surface area contributed by atoms with Crippen LogP contribution in [0.3, 0.4) is 0 Å². The summed E-state index contributed by atoms with van der Waals surface area (Å²) >= 11 is 1.61. The Labute approximate surface area is 158 Å². The van der Waals surface area contributed by atoms with Gasteiger partial charge in [0.25, 0.3) is 0 Å². The average molecular weight is 381 g/mol. The number of ether oxygens (including phenoxy) is 2. The molecule has 7 nitrogen and oxygen atoms in total. The SMILES string of the molecule is CCOC(=O)C1CN(Cc2cncs2)CC12CN(C(=O)OC(C)(C)C)C2. The molecule has 0 bridgehead atoms. The maximum absolute atomic E-state index is 12.5. The van der Waals surface area contributed by atoms with Crippen LogP contribution in [-0.4, -0.2) is 65.2 Å². The molecular formula is C18H27N3O4S. The lowest BCUT2D eigenvalue weighted by Crippen LogP contribution is -2.63. The van der Waals surface area contributed by atoms with E-state index in [9.17, 15) is 9.59 Å². The van der Waals surface area contributed by atoms with Gasteiger partial charge in [0, 0.05) is 49.2 Å². The minimum Gasteiger partial charge on any atom is -0.466 e. The van der Waals surface area contributed by atoms with Crippen LogP contribution in [0, 0.1) is 11.3 Å². The monoisotopic (exact) mass is 381 g/mol. The Morgan fingerprint density at radius 3 is 2.65 bits per heavy atom. The predicted octanol–water partition coefficient (Wildman–Crippen LogP) is 2.38. The fourth-order valence-corrected chi connectivity index (χ4v) is 4.43. The van der Waals surface area contributed by atoms with Gasteiger partial charge in [0.05, 0.1) is 18.0 Å². The number of likely N-dealkylation sites (tertiary alicyclic amines) is 2. The summed E-state index contributed by atoms with van der Waals surface area (Å²) in [7, 11) is 0. The molecule has 1 atom stereocenters. The van der Waals surface area contributed by atoms with Gasteiger partial charge in [0.1, 0.15) is 5.60 Å². The fourth-order valence-electron chi connectivity index (χ4n) is 3.79. The molecule has 3 heterocycles. The zero-order valence-corrected chi connectivity index (χ0v) is 16.7. The number of aromatic nitrogens is 1. The molecule has 0 radical (unpaired) electrons. The minimum absolute atomic E-state index is 0.164. The molecule has 0 saturated carbocycles. The van der Waals surface area contributed by atoms with E-state index < -0.39 is 5.60 Å². The Balaban J connectivity index is 1.67. The van der Waals surface area contributed by atoms with Crippen molar-refractivity contribution in [3.05, 3.63) is 16.6 Å². The van der Waals surface area contributed by atoms with E-state index in [0.717, 1.165) is 13.1 Å². The van der Waals surface area contributed by atoms with Gasteiger partial charge in [-0.3, -0.25) is 14.7 Å². The molecule has 8 heteroatoms. The van der Waals surface area contributed by atoms with E-state index in [-0.39, 0.29) is 23.4 Å². The van der Waals surface area contributed by atoms with Crippen LogP contribution in [0.2, 0.25) is 0 Å². The zero-order chi connectivity index (χ0) is 18.9. The van der Waals surface area contributed by atoms with Crippen LogP contribution in [0.25, 0.3) is 0 Å². The van der Waals surface area contributed by atoms with Crippen molar-refractivity contribution >= 4 is 23.4 Å². The van der Waals surface area contributed by atoms with Gasteiger partial charge in [-0.05, 0) is 27.7 Å². The number of hydrogen-bond acceptors (Lipinski definition) is 7. The summed E-state index contributed by atoms with van der Waals surface area (Å²) in [5.74, 6) is -0.378. The predicted molar refractivity (Wildman–Crippen MR) is 97.8 cm³/mol. The van der Waals surface area contributed by atoms with E-state index in [1.807, 2.05) is 39.4 Å². The van der Waals surface area contributed by atoms with Gasteiger partial charge < -0.3 is 14.4 Å². The highest BCUT2D eigenvalue weighted by Gasteiger charge is 2.59. The van der Waals surface area contributed by atoms with E-state index in [1.165, 1.54) is 4.88 Å². The lowest BCUT2D eigenvalue weighted by molar-refractivity contribution is -0.155. The average Bonchev–Trinajstić information content (AvgIpc) is 3.11. The molecule has 1 aromatic rings. The molecule has 26 heavy (non-hydrogen) atoms. The van der Waals surface area contributed by atoms with Crippen LogP contribution in [0.15, 0.2) is 11.7 Å². The van der Waals surface area contributed by atoms with Gasteiger partial charge in [0.15, 0.2) is 0 Å². The molecule has 2 aliphatic heterocycles. The van der Waals surface area contributed by atoms with Gasteiger partial charge >= 0.3 is 12.1 Å². The summed E-state index contributed by atoms with van der Waals surface area (Å²) in [5.41, 5.74) is 1.06. The Bertz CT molecular complexity index is 650. The molecule has 0 aliphatic carbocycles. The summed E-state index contributed by atoms with van der Waals surface area (Å²) in [6, 6.07) is 0. The van der Waals surface area contributed by atoms with Gasteiger partial charge in [-0.25, -0.2) is 4.79 Å². The van der Waals surface area contributed by atoms with Crippen LogP contribution in [0.1, 0.15) is 32.6 Å². The maximum Gasteiger partial charge on any atom is 0.410 e. The van der Waals surface area contributed by atoms with Crippen LogP contribution < -0.4 is 0 Å². The van der Waals surface area contributed by atoms with Crippen molar-refractivity contribution in [1.29, 1.82) is 0 Å². The first-order valence-corrected chi connectivity index (χ1v) is 9.85. The second-order valence-corrected chi connectivity index (χ2v) is 9.11. The van der Waals surface area contributed by atoms with Crippen molar-refractivity contribution in [3.63, 3.8) is 0 Å². The van der Waals surface area contributed by atoms with E-state index >= 15 is 0 Å².